The molecule has 5 heteroatoms. The fourth-order valence-corrected chi connectivity index (χ4v) is 16.6. The molecule has 0 nitrogen and oxygen atoms in total. The predicted octanol–water partition coefficient (Wildman–Crippen LogP) is 19.5. The molecule has 0 N–H and O–H groups in total. The Balaban J connectivity index is 1.13. The van der Waals surface area contributed by atoms with Crippen molar-refractivity contribution in [2.75, 3.05) is 0 Å². The number of unbranched alkanes of at least 4 members (excludes halogenated alkanes) is 10. The summed E-state index contributed by atoms with van der Waals surface area (Å²) in [7, 11) is 0. The van der Waals surface area contributed by atoms with E-state index in [0.717, 1.165) is 35.5 Å². The van der Waals surface area contributed by atoms with Gasteiger partial charge in [-0.15, -0.1) is 56.7 Å². The summed E-state index contributed by atoms with van der Waals surface area (Å²) < 4.78 is 0. The average Bonchev–Trinajstić information content (AvgIpc) is 4.03. The molecule has 0 amide bonds. The maximum absolute atomic E-state index is 2.59. The quantitative estimate of drug-likeness (QED) is 0.0684. The molecule has 5 heterocycles. The molecule has 0 aromatic carbocycles. The summed E-state index contributed by atoms with van der Waals surface area (Å²) in [5.74, 6) is 4.86. The molecule has 57 heavy (non-hydrogen) atoms. The molecule has 0 saturated heterocycles. The van der Waals surface area contributed by atoms with Crippen LogP contribution in [0.15, 0.2) is 48.5 Å². The monoisotopic (exact) mass is 856 g/mol. The number of hydrogen-bond donors (Lipinski definition) is 0. The first-order chi connectivity index (χ1) is 27.8. The third-order valence-electron chi connectivity index (χ3n) is 13.2. The normalized spacial score (nSPS) is 22.8. The molecule has 4 unspecified atom stereocenters. The molecule has 310 valence electrons. The topological polar surface area (TPSA) is 0 Å². The molecule has 0 radical (unpaired) electrons. The molecular formula is C52H72S5. The molecular weight excluding hydrogens is 785 g/mol. The Labute approximate surface area is 368 Å². The zero-order chi connectivity index (χ0) is 39.7. The molecule has 4 atom stereocenters. The van der Waals surface area contributed by atoms with E-state index in [1.807, 2.05) is 11.3 Å². The van der Waals surface area contributed by atoms with Crippen molar-refractivity contribution in [1.29, 1.82) is 0 Å². The van der Waals surface area contributed by atoms with Crippen LogP contribution in [-0.2, 0) is 12.8 Å². The van der Waals surface area contributed by atoms with Crippen molar-refractivity contribution >= 4 is 56.7 Å². The maximum Gasteiger partial charge on any atom is 0.0481 e. The SMILES string of the molecule is CCCCCCCCc1cc(-c2ccc(-c3cc(CCCCCCCC)c(-c4ccc(C5CC(C)CC(C)C5)s4)s3)s2)sc1-c1ccc(C2CC(C)CC(C)C2)s1. The Morgan fingerprint density at radius 3 is 1.16 bits per heavy atom. The van der Waals surface area contributed by atoms with Gasteiger partial charge in [0, 0.05) is 48.8 Å². The number of thiophene rings is 5. The van der Waals surface area contributed by atoms with Crippen molar-refractivity contribution in [2.45, 2.75) is 182 Å². The number of hydrogen-bond acceptors (Lipinski definition) is 5. The third kappa shape index (κ3) is 11.7. The zero-order valence-corrected chi connectivity index (χ0v) is 40.3. The standard InChI is InChI=1S/C52H72S5/c1-7-9-11-13-15-17-19-39-33-49(56-51(39)47-25-21-43(53-47)41-29-35(3)27-36(4)30-41)45-23-24-46(55-45)50-34-40(20-18-16-14-12-10-8-2)52(57-50)48-26-22-44(54-48)42-31-37(5)28-38(6)32-42/h21-26,33-38,41-42H,7-20,27-32H2,1-6H3. The van der Waals surface area contributed by atoms with E-state index in [1.54, 1.807) is 30.6 Å². The Kier molecular flexibility index (Phi) is 16.3. The summed E-state index contributed by atoms with van der Waals surface area (Å²) in [6, 6.07) is 20.0. The van der Waals surface area contributed by atoms with Gasteiger partial charge >= 0.3 is 0 Å². The summed E-state index contributed by atoms with van der Waals surface area (Å²) in [6.07, 6.45) is 26.9. The number of rotatable bonds is 20. The van der Waals surface area contributed by atoms with E-state index in [4.69, 9.17) is 0 Å². The maximum atomic E-state index is 2.59. The van der Waals surface area contributed by atoms with E-state index in [2.05, 4.69) is 135 Å². The Morgan fingerprint density at radius 1 is 0.386 bits per heavy atom. The molecule has 2 aliphatic rings. The van der Waals surface area contributed by atoms with Gasteiger partial charge in [0.1, 0.15) is 0 Å². The van der Waals surface area contributed by atoms with E-state index in [0.29, 0.717) is 0 Å². The van der Waals surface area contributed by atoms with Crippen LogP contribution >= 0.6 is 56.7 Å². The summed E-state index contributed by atoms with van der Waals surface area (Å²) in [6.45, 7) is 14.5. The smallest absolute Gasteiger partial charge is 0.0481 e. The van der Waals surface area contributed by atoms with Crippen LogP contribution < -0.4 is 0 Å². The fourth-order valence-electron chi connectivity index (χ4n) is 10.4. The van der Waals surface area contributed by atoms with Crippen LogP contribution in [0, 0.1) is 23.7 Å². The highest BCUT2D eigenvalue weighted by Gasteiger charge is 2.28. The van der Waals surface area contributed by atoms with Gasteiger partial charge in [-0.3, -0.25) is 0 Å². The molecule has 0 spiro atoms. The van der Waals surface area contributed by atoms with Crippen molar-refractivity contribution in [1.82, 2.24) is 0 Å². The molecule has 2 aliphatic carbocycles. The van der Waals surface area contributed by atoms with Gasteiger partial charge < -0.3 is 0 Å². The van der Waals surface area contributed by atoms with Crippen LogP contribution in [0.3, 0.4) is 0 Å². The van der Waals surface area contributed by atoms with E-state index < -0.39 is 0 Å². The molecule has 5 aromatic rings. The molecule has 2 saturated carbocycles. The van der Waals surface area contributed by atoms with E-state index >= 15 is 0 Å². The van der Waals surface area contributed by atoms with E-state index in [9.17, 15) is 0 Å². The van der Waals surface area contributed by atoms with Crippen molar-refractivity contribution in [3.63, 3.8) is 0 Å². The van der Waals surface area contributed by atoms with Gasteiger partial charge in [-0.2, -0.15) is 0 Å². The second kappa shape index (κ2) is 21.3. The highest BCUT2D eigenvalue weighted by Crippen LogP contribution is 2.50. The van der Waals surface area contributed by atoms with Crippen molar-refractivity contribution in [3.8, 4) is 39.0 Å². The average molecular weight is 857 g/mol. The predicted molar refractivity (Wildman–Crippen MR) is 262 cm³/mol. The summed E-state index contributed by atoms with van der Waals surface area (Å²) in [4.78, 5) is 15.2. The van der Waals surface area contributed by atoms with Crippen LogP contribution in [0.1, 0.15) is 190 Å². The first-order valence-electron chi connectivity index (χ1n) is 23.3. The van der Waals surface area contributed by atoms with Gasteiger partial charge in [0.05, 0.1) is 0 Å². The highest BCUT2D eigenvalue weighted by atomic mass is 32.1. The molecule has 0 bridgehead atoms. The fraction of sp³-hybridized carbons (Fsp3) is 0.615. The van der Waals surface area contributed by atoms with Gasteiger partial charge in [0.25, 0.3) is 0 Å². The summed E-state index contributed by atoms with van der Waals surface area (Å²) in [5, 5.41) is 0. The number of aryl methyl sites for hydroxylation is 2. The minimum absolute atomic E-state index is 0.742. The lowest BCUT2D eigenvalue weighted by molar-refractivity contribution is 0.270. The zero-order valence-electron chi connectivity index (χ0n) is 36.3. The van der Waals surface area contributed by atoms with Crippen molar-refractivity contribution in [3.05, 3.63) is 69.4 Å². The minimum Gasteiger partial charge on any atom is -0.139 e. The summed E-state index contributed by atoms with van der Waals surface area (Å²) in [5.41, 5.74) is 3.18. The molecule has 7 rings (SSSR count). The second-order valence-electron chi connectivity index (χ2n) is 18.8. The van der Waals surface area contributed by atoms with Gasteiger partial charge in [0.2, 0.25) is 0 Å². The highest BCUT2D eigenvalue weighted by molar-refractivity contribution is 7.29. The van der Waals surface area contributed by atoms with Gasteiger partial charge in [-0.05, 0) is 159 Å². The Hall–Kier alpha value is -1.50. The first kappa shape index (κ1) is 43.6. The molecule has 5 aromatic heterocycles. The molecule has 2 fully saturated rings. The Bertz CT molecular complexity index is 1780. The van der Waals surface area contributed by atoms with Crippen LogP contribution in [0.25, 0.3) is 39.0 Å². The van der Waals surface area contributed by atoms with Crippen LogP contribution in [0.4, 0.5) is 0 Å². The Morgan fingerprint density at radius 2 is 0.754 bits per heavy atom. The lowest BCUT2D eigenvalue weighted by Gasteiger charge is -2.30. The molecule has 0 aliphatic heterocycles. The second-order valence-corrected chi connectivity index (χ2v) is 24.2. The van der Waals surface area contributed by atoms with Gasteiger partial charge in [-0.1, -0.05) is 106 Å². The van der Waals surface area contributed by atoms with Crippen molar-refractivity contribution < 1.29 is 0 Å². The van der Waals surface area contributed by atoms with E-state index in [1.165, 1.54) is 158 Å². The van der Waals surface area contributed by atoms with E-state index in [-0.39, 0.29) is 0 Å². The first-order valence-corrected chi connectivity index (χ1v) is 27.4. The van der Waals surface area contributed by atoms with Crippen LogP contribution in [-0.4, -0.2) is 0 Å². The summed E-state index contributed by atoms with van der Waals surface area (Å²) >= 11 is 10.4. The van der Waals surface area contributed by atoms with Gasteiger partial charge in [-0.25, -0.2) is 0 Å². The van der Waals surface area contributed by atoms with Crippen molar-refractivity contribution in [2.24, 2.45) is 23.7 Å². The minimum atomic E-state index is 0.742. The lowest BCUT2D eigenvalue weighted by Crippen LogP contribution is -2.17. The van der Waals surface area contributed by atoms with Crippen LogP contribution in [0.5, 0.6) is 0 Å². The lowest BCUT2D eigenvalue weighted by atomic mass is 9.76. The van der Waals surface area contributed by atoms with Gasteiger partial charge in [0.15, 0.2) is 0 Å². The third-order valence-corrected chi connectivity index (χ3v) is 19.9. The largest absolute Gasteiger partial charge is 0.139 e. The van der Waals surface area contributed by atoms with Crippen LogP contribution in [0.2, 0.25) is 0 Å².